The Morgan fingerprint density at radius 2 is 1.37 bits per heavy atom. The first-order chi connectivity index (χ1) is 20.4. The van der Waals surface area contributed by atoms with E-state index in [9.17, 15) is 27.1 Å². The molecule has 4 unspecified atom stereocenters. The average Bonchev–Trinajstić information content (AvgIpc) is 2.98. The molecule has 1 N–H and O–H groups in total. The number of unbranched alkanes of at least 4 members (excludes halogenated alkanes) is 1. The molecule has 12 nitrogen and oxygen atoms in total. The quantitative estimate of drug-likeness (QED) is 0.0629. The molecule has 4 atom stereocenters. The minimum absolute atomic E-state index is 0.00656. The van der Waals surface area contributed by atoms with Crippen LogP contribution in [-0.4, -0.2) is 43.2 Å². The molecule has 0 saturated carbocycles. The zero-order valence-electron chi connectivity index (χ0n) is 24.6. The predicted molar refractivity (Wildman–Crippen MR) is 160 cm³/mol. The lowest BCUT2D eigenvalue weighted by Gasteiger charge is -2.13. The summed E-state index contributed by atoms with van der Waals surface area (Å²) in [6, 6.07) is 11.4. The number of ether oxygens (including phenoxy) is 3. The molecule has 0 saturated heterocycles. The number of esters is 2. The van der Waals surface area contributed by atoms with E-state index in [0.29, 0.717) is 11.3 Å². The molecule has 0 radical (unpaired) electrons. The maximum atomic E-state index is 13.9. The van der Waals surface area contributed by atoms with Gasteiger partial charge in [0, 0.05) is 31.2 Å². The lowest BCUT2D eigenvalue weighted by Crippen LogP contribution is -2.24. The third-order valence-corrected chi connectivity index (χ3v) is 9.09. The first-order valence-corrected chi connectivity index (χ1v) is 17.9. The van der Waals surface area contributed by atoms with Gasteiger partial charge in [-0.2, -0.15) is 8.42 Å². The summed E-state index contributed by atoms with van der Waals surface area (Å²) in [5.41, 5.74) is 0.427. The van der Waals surface area contributed by atoms with Gasteiger partial charge in [0.25, 0.3) is 33.3 Å². The first-order valence-electron chi connectivity index (χ1n) is 13.9. The monoisotopic (exact) mass is 660 g/mol. The average molecular weight is 661 g/mol. The van der Waals surface area contributed by atoms with Gasteiger partial charge in [-0.05, 0) is 52.7 Å². The highest BCUT2D eigenvalue weighted by molar-refractivity contribution is 7.85. The van der Waals surface area contributed by atoms with Gasteiger partial charge >= 0.3 is 28.0 Å². The van der Waals surface area contributed by atoms with Crippen molar-refractivity contribution < 1.29 is 54.9 Å². The van der Waals surface area contributed by atoms with Crippen LogP contribution in [0.25, 0.3) is 0 Å². The number of hydrogen-bond acceptors (Lipinski definition) is 11. The number of carbonyl (C=O) groups excluding carboxylic acids is 2. The van der Waals surface area contributed by atoms with Crippen LogP contribution in [0.15, 0.2) is 42.5 Å². The normalized spacial score (nSPS) is 13.5. The molecule has 0 aromatic heterocycles. The molecular formula is C28H38O12P2S+2. The number of aryl methyl sites for hydroxylation is 1. The summed E-state index contributed by atoms with van der Waals surface area (Å²) >= 11 is 0. The number of para-hydroxylation sites is 1. The molecular weight excluding hydrogens is 622 g/mol. The second-order valence-corrected chi connectivity index (χ2v) is 13.1. The molecule has 43 heavy (non-hydrogen) atoms. The Kier molecular flexibility index (Phi) is 15.3. The number of carbonyl (C=O) groups is 2. The van der Waals surface area contributed by atoms with E-state index in [1.54, 1.807) is 64.1 Å². The lowest BCUT2D eigenvalue weighted by molar-refractivity contribution is -0.163. The van der Waals surface area contributed by atoms with Crippen molar-refractivity contribution in [3.05, 3.63) is 48.0 Å². The predicted octanol–water partition coefficient (Wildman–Crippen LogP) is 5.84. The Morgan fingerprint density at radius 1 is 0.814 bits per heavy atom. The molecule has 0 bridgehead atoms. The minimum atomic E-state index is -4.18. The Hall–Kier alpha value is -2.79. The van der Waals surface area contributed by atoms with Crippen molar-refractivity contribution >= 4 is 48.7 Å². The number of rotatable bonds is 19. The topological polar surface area (TPSA) is 169 Å². The van der Waals surface area contributed by atoms with E-state index < -0.39 is 56.4 Å². The Bertz CT molecular complexity index is 1370. The van der Waals surface area contributed by atoms with E-state index in [1.165, 1.54) is 6.07 Å². The Labute approximate surface area is 253 Å². The molecule has 2 aromatic carbocycles. The van der Waals surface area contributed by atoms with Crippen molar-refractivity contribution in [1.29, 1.82) is 0 Å². The molecule has 2 aromatic rings. The summed E-state index contributed by atoms with van der Waals surface area (Å²) in [7, 11) is -9.72. The van der Waals surface area contributed by atoms with E-state index in [1.807, 2.05) is 0 Å². The molecule has 0 aliphatic carbocycles. The first kappa shape index (κ1) is 36.4. The van der Waals surface area contributed by atoms with E-state index in [-0.39, 0.29) is 61.3 Å². The lowest BCUT2D eigenvalue weighted by atomic mass is 10.1. The maximum Gasteiger partial charge on any atom is 0.557 e. The molecule has 0 heterocycles. The molecule has 0 aliphatic heterocycles. The van der Waals surface area contributed by atoms with Crippen molar-refractivity contribution in [3.63, 3.8) is 0 Å². The van der Waals surface area contributed by atoms with E-state index in [0.717, 1.165) is 0 Å². The third kappa shape index (κ3) is 12.4. The number of benzene rings is 2. The SMILES string of the molecule is CCC(=O)OC(CC)O[P+](=O)c1ccc(CCCCS(=O)(=O)O)c([P+](=O)OC(CC)OC(=O)CC)c1Oc1ccccc1. The fraction of sp³-hybridized carbons (Fsp3) is 0.500. The van der Waals surface area contributed by atoms with Gasteiger partial charge in [0.2, 0.25) is 5.75 Å². The Balaban J connectivity index is 2.62. The Morgan fingerprint density at radius 3 is 1.88 bits per heavy atom. The van der Waals surface area contributed by atoms with Gasteiger partial charge in [-0.15, -0.1) is 0 Å². The molecule has 15 heteroatoms. The summed E-state index contributed by atoms with van der Waals surface area (Å²) in [5.74, 6) is -1.33. The van der Waals surface area contributed by atoms with Gasteiger partial charge in [0.1, 0.15) is 5.75 Å². The van der Waals surface area contributed by atoms with Crippen LogP contribution in [0.2, 0.25) is 0 Å². The zero-order chi connectivity index (χ0) is 32.0. The molecule has 0 spiro atoms. The molecule has 236 valence electrons. The summed E-state index contributed by atoms with van der Waals surface area (Å²) in [4.78, 5) is 23.8. The summed E-state index contributed by atoms with van der Waals surface area (Å²) in [6.45, 7) is 6.58. The zero-order valence-corrected chi connectivity index (χ0v) is 27.2. The second-order valence-electron chi connectivity index (χ2n) is 9.17. The van der Waals surface area contributed by atoms with Crippen molar-refractivity contribution in [2.45, 2.75) is 85.2 Å². The largest absolute Gasteiger partial charge is 0.557 e. The van der Waals surface area contributed by atoms with Crippen LogP contribution in [0.4, 0.5) is 0 Å². The van der Waals surface area contributed by atoms with Gasteiger partial charge in [0.15, 0.2) is 0 Å². The van der Waals surface area contributed by atoms with Crippen molar-refractivity contribution in [2.24, 2.45) is 0 Å². The summed E-state index contributed by atoms with van der Waals surface area (Å²) in [5, 5.41) is 0.0202. The summed E-state index contributed by atoms with van der Waals surface area (Å²) in [6.07, 6.45) is -1.14. The highest BCUT2D eigenvalue weighted by Gasteiger charge is 2.43. The molecule has 0 aliphatic rings. The van der Waals surface area contributed by atoms with Gasteiger partial charge in [-0.1, -0.05) is 54.9 Å². The van der Waals surface area contributed by atoms with Crippen molar-refractivity contribution in [3.8, 4) is 11.5 Å². The van der Waals surface area contributed by atoms with Crippen LogP contribution in [0, 0.1) is 0 Å². The standard InChI is InChI=1S/C28H37O12P2S/c1-5-23(29)37-25(7-3)39-41(31)22-18-17-20(14-12-13-19-43(33,34)35)28(27(22)36-21-15-10-9-11-16-21)42(32)40-26(8-4)38-24(30)6-2/h9-11,15-18,25-26H,5-8,12-14,19H2,1-4H3/q+1/p+1. The highest BCUT2D eigenvalue weighted by atomic mass is 32.2. The molecule has 0 amide bonds. The fourth-order valence-corrected chi connectivity index (χ4v) is 6.56. The smallest absolute Gasteiger partial charge is 0.448 e. The third-order valence-electron chi connectivity index (χ3n) is 5.83. The second kappa shape index (κ2) is 18.1. The van der Waals surface area contributed by atoms with Crippen LogP contribution in [-0.2, 0) is 53.8 Å². The highest BCUT2D eigenvalue weighted by Crippen LogP contribution is 2.39. The van der Waals surface area contributed by atoms with E-state index in [2.05, 4.69) is 0 Å². The van der Waals surface area contributed by atoms with E-state index in [4.69, 9.17) is 27.8 Å². The minimum Gasteiger partial charge on any atom is -0.448 e. The van der Waals surface area contributed by atoms with Crippen molar-refractivity contribution in [2.75, 3.05) is 5.75 Å². The van der Waals surface area contributed by atoms with Crippen LogP contribution in [0.5, 0.6) is 11.5 Å². The van der Waals surface area contributed by atoms with Crippen LogP contribution >= 0.6 is 16.1 Å². The van der Waals surface area contributed by atoms with Crippen molar-refractivity contribution in [1.82, 2.24) is 0 Å². The van der Waals surface area contributed by atoms with Gasteiger partial charge < -0.3 is 14.2 Å². The van der Waals surface area contributed by atoms with Gasteiger partial charge in [-0.25, -0.2) is 0 Å². The van der Waals surface area contributed by atoms with Gasteiger partial charge in [-0.3, -0.25) is 14.1 Å². The van der Waals surface area contributed by atoms with Crippen LogP contribution in [0.3, 0.4) is 0 Å². The maximum absolute atomic E-state index is 13.9. The molecule has 0 fully saturated rings. The van der Waals surface area contributed by atoms with Crippen LogP contribution in [0.1, 0.15) is 71.8 Å². The van der Waals surface area contributed by atoms with Crippen LogP contribution < -0.4 is 15.3 Å². The summed E-state index contributed by atoms with van der Waals surface area (Å²) < 4.78 is 86.9. The molecule has 2 rings (SSSR count). The fourth-order valence-electron chi connectivity index (χ4n) is 3.60. The van der Waals surface area contributed by atoms with Gasteiger partial charge in [0.05, 0.1) is 5.75 Å². The van der Waals surface area contributed by atoms with E-state index >= 15 is 0 Å². The number of hydrogen-bond donors (Lipinski definition) is 1.